The molecular weight excluding hydrogens is 304 g/mol. The van der Waals surface area contributed by atoms with E-state index in [1.807, 2.05) is 6.92 Å². The molecule has 2 rings (SSSR count). The smallest absolute Gasteiger partial charge is 0.319 e. The molecule has 1 atom stereocenters. The molecule has 0 bridgehead atoms. The van der Waals surface area contributed by atoms with Crippen LogP contribution in [0.2, 0.25) is 0 Å². The second-order valence-corrected chi connectivity index (χ2v) is 7.68. The zero-order valence-corrected chi connectivity index (χ0v) is 13.7. The third kappa shape index (κ3) is 2.85. The highest BCUT2D eigenvalue weighted by Gasteiger charge is 2.48. The average Bonchev–Trinajstić information content (AvgIpc) is 2.67. The van der Waals surface area contributed by atoms with Crippen LogP contribution in [0.3, 0.4) is 0 Å². The van der Waals surface area contributed by atoms with Crippen LogP contribution in [0.25, 0.3) is 0 Å². The van der Waals surface area contributed by atoms with Gasteiger partial charge in [0.25, 0.3) is 5.91 Å². The van der Waals surface area contributed by atoms with E-state index in [-0.39, 0.29) is 10.8 Å². The third-order valence-corrected chi connectivity index (χ3v) is 5.00. The van der Waals surface area contributed by atoms with Crippen LogP contribution in [0.5, 0.6) is 0 Å². The van der Waals surface area contributed by atoms with Crippen LogP contribution < -0.4 is 5.32 Å². The Morgan fingerprint density at radius 2 is 1.77 bits per heavy atom. The van der Waals surface area contributed by atoms with Crippen LogP contribution in [0.4, 0.5) is 4.79 Å². The lowest BCUT2D eigenvalue weighted by atomic mass is 9.92. The molecule has 1 aromatic rings. The molecule has 3 amide bonds. The fourth-order valence-corrected chi connectivity index (χ4v) is 3.08. The first-order valence-electron chi connectivity index (χ1n) is 7.15. The van der Waals surface area contributed by atoms with Crippen LogP contribution >= 0.6 is 0 Å². The molecule has 0 saturated carbocycles. The summed E-state index contributed by atoms with van der Waals surface area (Å²) in [5.41, 5.74) is -0.585. The fourth-order valence-electron chi connectivity index (χ4n) is 2.45. The van der Waals surface area contributed by atoms with E-state index >= 15 is 0 Å². The molecule has 7 heteroatoms. The van der Waals surface area contributed by atoms with Crippen molar-refractivity contribution in [1.82, 2.24) is 10.2 Å². The van der Waals surface area contributed by atoms with E-state index in [9.17, 15) is 18.0 Å². The average molecular weight is 324 g/mol. The van der Waals surface area contributed by atoms with Gasteiger partial charge in [-0.3, -0.25) is 9.69 Å². The predicted octanol–water partition coefficient (Wildman–Crippen LogP) is 1.66. The maximum Gasteiger partial charge on any atom is 0.325 e. The summed E-state index contributed by atoms with van der Waals surface area (Å²) in [5, 5.41) is 2.70. The Morgan fingerprint density at radius 3 is 2.27 bits per heavy atom. The lowest BCUT2D eigenvalue weighted by Crippen LogP contribution is -2.41. The van der Waals surface area contributed by atoms with Crippen molar-refractivity contribution in [3.63, 3.8) is 0 Å². The first-order chi connectivity index (χ1) is 10.2. The minimum atomic E-state index is -3.29. The molecule has 0 unspecified atom stereocenters. The lowest BCUT2D eigenvalue weighted by molar-refractivity contribution is -0.131. The number of carbonyl (C=O) groups excluding carboxylic acids is 2. The largest absolute Gasteiger partial charge is 0.325 e. The first-order valence-corrected chi connectivity index (χ1v) is 9.04. The number of imide groups is 1. The molecule has 1 heterocycles. The zero-order chi connectivity index (χ0) is 16.5. The Morgan fingerprint density at radius 1 is 1.18 bits per heavy atom. The number of unbranched alkanes of at least 4 members (excludes halogenated alkanes) is 1. The maximum absolute atomic E-state index is 12.6. The molecule has 1 aliphatic heterocycles. The van der Waals surface area contributed by atoms with Gasteiger partial charge in [-0.05, 0) is 31.0 Å². The number of nitrogens with one attached hydrogen (secondary N) is 1. The number of amides is 3. The highest BCUT2D eigenvalue weighted by molar-refractivity contribution is 7.90. The SMILES string of the molecule is CCCCN1C(=O)N[C@](C)(c2ccc(S(C)(=O)=O)cc2)C1=O. The standard InChI is InChI=1S/C15H20N2O4S/c1-4-5-10-17-13(18)15(2,16-14(17)19)11-6-8-12(9-7-11)22(3,20)21/h6-9H,4-5,10H2,1-3H3,(H,16,19)/t15-/m1/s1. The summed E-state index contributed by atoms with van der Waals surface area (Å²) < 4.78 is 23.0. The number of nitrogens with zero attached hydrogens (tertiary/aromatic N) is 1. The van der Waals surface area contributed by atoms with E-state index in [0.29, 0.717) is 12.1 Å². The van der Waals surface area contributed by atoms with Crippen LogP contribution in [0, 0.1) is 0 Å². The maximum atomic E-state index is 12.6. The summed E-state index contributed by atoms with van der Waals surface area (Å²) in [5.74, 6) is -0.307. The first kappa shape index (κ1) is 16.5. The Balaban J connectivity index is 2.31. The van der Waals surface area contributed by atoms with E-state index in [1.165, 1.54) is 17.0 Å². The number of rotatable bonds is 5. The highest BCUT2D eigenvalue weighted by atomic mass is 32.2. The van der Waals surface area contributed by atoms with Gasteiger partial charge >= 0.3 is 6.03 Å². The minimum absolute atomic E-state index is 0.180. The van der Waals surface area contributed by atoms with Crippen LogP contribution in [-0.4, -0.2) is 38.1 Å². The van der Waals surface area contributed by atoms with Gasteiger partial charge in [0.15, 0.2) is 9.84 Å². The van der Waals surface area contributed by atoms with Crippen molar-refractivity contribution < 1.29 is 18.0 Å². The van der Waals surface area contributed by atoms with Crippen molar-refractivity contribution in [1.29, 1.82) is 0 Å². The van der Waals surface area contributed by atoms with Crippen molar-refractivity contribution in [2.45, 2.75) is 37.1 Å². The van der Waals surface area contributed by atoms with Gasteiger partial charge in [0.1, 0.15) is 5.54 Å². The van der Waals surface area contributed by atoms with E-state index in [1.54, 1.807) is 19.1 Å². The van der Waals surface area contributed by atoms with Gasteiger partial charge in [-0.1, -0.05) is 25.5 Å². The number of urea groups is 1. The van der Waals surface area contributed by atoms with Crippen molar-refractivity contribution in [2.24, 2.45) is 0 Å². The molecular formula is C15H20N2O4S. The lowest BCUT2D eigenvalue weighted by Gasteiger charge is -2.22. The summed E-state index contributed by atoms with van der Waals surface area (Å²) in [6.45, 7) is 4.01. The van der Waals surface area contributed by atoms with Crippen molar-refractivity contribution in [3.8, 4) is 0 Å². The summed E-state index contributed by atoms with van der Waals surface area (Å²) >= 11 is 0. The Labute approximate surface area is 130 Å². The van der Waals surface area contributed by atoms with Gasteiger partial charge < -0.3 is 5.32 Å². The molecule has 0 aliphatic carbocycles. The number of benzene rings is 1. The molecule has 0 aromatic heterocycles. The minimum Gasteiger partial charge on any atom is -0.319 e. The van der Waals surface area contributed by atoms with Gasteiger partial charge in [0.2, 0.25) is 0 Å². The highest BCUT2D eigenvalue weighted by Crippen LogP contribution is 2.29. The van der Waals surface area contributed by atoms with Crippen molar-refractivity contribution in [3.05, 3.63) is 29.8 Å². The zero-order valence-electron chi connectivity index (χ0n) is 12.9. The molecule has 1 aromatic carbocycles. The monoisotopic (exact) mass is 324 g/mol. The number of carbonyl (C=O) groups is 2. The predicted molar refractivity (Wildman–Crippen MR) is 82.1 cm³/mol. The summed E-state index contributed by atoms with van der Waals surface area (Å²) in [6.07, 6.45) is 2.76. The number of hydrogen-bond donors (Lipinski definition) is 1. The molecule has 22 heavy (non-hydrogen) atoms. The van der Waals surface area contributed by atoms with Crippen molar-refractivity contribution in [2.75, 3.05) is 12.8 Å². The van der Waals surface area contributed by atoms with Gasteiger partial charge in [-0.2, -0.15) is 0 Å². The molecule has 1 saturated heterocycles. The quantitative estimate of drug-likeness (QED) is 0.835. The van der Waals surface area contributed by atoms with E-state index in [0.717, 1.165) is 19.1 Å². The number of sulfone groups is 1. The van der Waals surface area contributed by atoms with Gasteiger partial charge in [-0.25, -0.2) is 13.2 Å². The normalized spacial score (nSPS) is 22.0. The summed E-state index contributed by atoms with van der Waals surface area (Å²) in [6, 6.07) is 5.62. The molecule has 0 radical (unpaired) electrons. The van der Waals surface area contributed by atoms with Gasteiger partial charge in [0, 0.05) is 12.8 Å². The fraction of sp³-hybridized carbons (Fsp3) is 0.467. The molecule has 1 N–H and O–H groups in total. The Hall–Kier alpha value is -1.89. The molecule has 0 spiro atoms. The van der Waals surface area contributed by atoms with E-state index in [4.69, 9.17) is 0 Å². The molecule has 120 valence electrons. The Kier molecular flexibility index (Phi) is 4.28. The second-order valence-electron chi connectivity index (χ2n) is 5.66. The molecule has 1 fully saturated rings. The summed E-state index contributed by atoms with van der Waals surface area (Å²) in [4.78, 5) is 26.0. The third-order valence-electron chi connectivity index (χ3n) is 3.87. The molecule has 6 nitrogen and oxygen atoms in total. The van der Waals surface area contributed by atoms with Gasteiger partial charge in [0.05, 0.1) is 4.90 Å². The summed E-state index contributed by atoms with van der Waals surface area (Å²) in [7, 11) is -3.29. The van der Waals surface area contributed by atoms with E-state index < -0.39 is 21.4 Å². The van der Waals surface area contributed by atoms with Crippen LogP contribution in [0.15, 0.2) is 29.2 Å². The van der Waals surface area contributed by atoms with Crippen molar-refractivity contribution >= 4 is 21.8 Å². The molecule has 1 aliphatic rings. The van der Waals surface area contributed by atoms with Gasteiger partial charge in [-0.15, -0.1) is 0 Å². The Bertz CT molecular complexity index is 697. The number of hydrogen-bond acceptors (Lipinski definition) is 4. The second kappa shape index (κ2) is 5.72. The van der Waals surface area contributed by atoms with Crippen LogP contribution in [0.1, 0.15) is 32.3 Å². The van der Waals surface area contributed by atoms with Crippen LogP contribution in [-0.2, 0) is 20.2 Å². The van der Waals surface area contributed by atoms with E-state index in [2.05, 4.69) is 5.32 Å². The topological polar surface area (TPSA) is 83.6 Å².